The highest BCUT2D eigenvalue weighted by Crippen LogP contribution is 2.31. The summed E-state index contributed by atoms with van der Waals surface area (Å²) in [5.74, 6) is -1.13. The molecule has 1 N–H and O–H groups in total. The van der Waals surface area contributed by atoms with Gasteiger partial charge < -0.3 is 5.11 Å². The quantitative estimate of drug-likeness (QED) is 0.934. The molecule has 1 aromatic carbocycles. The summed E-state index contributed by atoms with van der Waals surface area (Å²) in [6.07, 6.45) is 0.349. The van der Waals surface area contributed by atoms with Crippen LogP contribution in [0.25, 0.3) is 0 Å². The summed E-state index contributed by atoms with van der Waals surface area (Å²) in [5, 5.41) is 9.77. The third-order valence-electron chi connectivity index (χ3n) is 3.06. The first kappa shape index (κ1) is 15.6. The first-order valence-corrected chi connectivity index (χ1v) is 7.53. The third-order valence-corrected chi connectivity index (χ3v) is 4.12. The van der Waals surface area contributed by atoms with Crippen LogP contribution >= 0.6 is 11.3 Å². The van der Waals surface area contributed by atoms with E-state index in [1.165, 1.54) is 17.4 Å². The highest BCUT2D eigenvalue weighted by molar-refractivity contribution is 7.11. The zero-order chi connectivity index (χ0) is 15.6. The van der Waals surface area contributed by atoms with Gasteiger partial charge in [-0.2, -0.15) is 0 Å². The van der Waals surface area contributed by atoms with Crippen LogP contribution in [-0.4, -0.2) is 16.1 Å². The average Bonchev–Trinajstić information content (AvgIpc) is 2.74. The number of aliphatic carboxylic acids is 1. The zero-order valence-electron chi connectivity index (χ0n) is 12.3. The molecule has 0 bridgehead atoms. The summed E-state index contributed by atoms with van der Waals surface area (Å²) < 4.78 is 13.7. The SMILES string of the molecule is CC(C)(C)c1nc(Cc2ccccc2F)sc1CC(=O)O. The number of aromatic nitrogens is 1. The lowest BCUT2D eigenvalue weighted by atomic mass is 9.91. The van der Waals surface area contributed by atoms with E-state index in [2.05, 4.69) is 4.98 Å². The molecule has 0 saturated heterocycles. The van der Waals surface area contributed by atoms with E-state index >= 15 is 0 Å². The molecule has 0 amide bonds. The van der Waals surface area contributed by atoms with Gasteiger partial charge in [0, 0.05) is 16.7 Å². The first-order chi connectivity index (χ1) is 9.77. The van der Waals surface area contributed by atoms with E-state index in [1.54, 1.807) is 18.2 Å². The van der Waals surface area contributed by atoms with Crippen LogP contribution in [0.15, 0.2) is 24.3 Å². The Kier molecular flexibility index (Phi) is 4.42. The fourth-order valence-corrected chi connectivity index (χ4v) is 3.42. The van der Waals surface area contributed by atoms with Crippen molar-refractivity contribution in [1.29, 1.82) is 0 Å². The molecule has 0 fully saturated rings. The summed E-state index contributed by atoms with van der Waals surface area (Å²) >= 11 is 1.36. The Hall–Kier alpha value is -1.75. The van der Waals surface area contributed by atoms with E-state index in [1.807, 2.05) is 20.8 Å². The first-order valence-electron chi connectivity index (χ1n) is 6.71. The van der Waals surface area contributed by atoms with Crippen molar-refractivity contribution in [1.82, 2.24) is 4.98 Å². The largest absolute Gasteiger partial charge is 0.481 e. The Morgan fingerprint density at radius 3 is 2.57 bits per heavy atom. The Bertz CT molecular complexity index is 659. The van der Waals surface area contributed by atoms with E-state index in [-0.39, 0.29) is 17.7 Å². The standard InChI is InChI=1S/C16H18FNO2S/c1-16(2,3)15-12(9-14(19)20)21-13(18-15)8-10-6-4-5-7-11(10)17/h4-7H,8-9H2,1-3H3,(H,19,20). The summed E-state index contributed by atoms with van der Waals surface area (Å²) in [6, 6.07) is 6.59. The maximum absolute atomic E-state index is 13.7. The minimum atomic E-state index is -0.874. The molecule has 0 spiro atoms. The van der Waals surface area contributed by atoms with E-state index < -0.39 is 5.97 Å². The van der Waals surface area contributed by atoms with Gasteiger partial charge in [0.05, 0.1) is 17.1 Å². The molecule has 21 heavy (non-hydrogen) atoms. The number of thiazole rings is 1. The minimum Gasteiger partial charge on any atom is -0.481 e. The molecule has 0 radical (unpaired) electrons. The number of nitrogens with zero attached hydrogens (tertiary/aromatic N) is 1. The molecule has 0 aliphatic carbocycles. The van der Waals surface area contributed by atoms with E-state index in [9.17, 15) is 9.18 Å². The Morgan fingerprint density at radius 1 is 1.33 bits per heavy atom. The van der Waals surface area contributed by atoms with Crippen LogP contribution in [0.3, 0.4) is 0 Å². The van der Waals surface area contributed by atoms with Crippen LogP contribution in [0.2, 0.25) is 0 Å². The van der Waals surface area contributed by atoms with E-state index in [0.717, 1.165) is 15.6 Å². The van der Waals surface area contributed by atoms with Crippen LogP contribution in [0, 0.1) is 5.82 Å². The fourth-order valence-electron chi connectivity index (χ4n) is 2.12. The second-order valence-corrected chi connectivity index (χ2v) is 7.14. The Balaban J connectivity index is 2.35. The molecular weight excluding hydrogens is 289 g/mol. The molecule has 1 heterocycles. The van der Waals surface area contributed by atoms with E-state index in [0.29, 0.717) is 12.0 Å². The monoisotopic (exact) mass is 307 g/mol. The number of rotatable bonds is 4. The molecular formula is C16H18FNO2S. The molecule has 0 atom stereocenters. The van der Waals surface area contributed by atoms with Crippen molar-refractivity contribution in [3.05, 3.63) is 51.2 Å². The molecule has 2 aromatic rings. The zero-order valence-corrected chi connectivity index (χ0v) is 13.1. The second kappa shape index (κ2) is 5.93. The van der Waals surface area contributed by atoms with Crippen molar-refractivity contribution >= 4 is 17.3 Å². The average molecular weight is 307 g/mol. The van der Waals surface area contributed by atoms with Gasteiger partial charge >= 0.3 is 5.97 Å². The Morgan fingerprint density at radius 2 is 2.00 bits per heavy atom. The van der Waals surface area contributed by atoms with Gasteiger partial charge in [-0.3, -0.25) is 4.79 Å². The fraction of sp³-hybridized carbons (Fsp3) is 0.375. The topological polar surface area (TPSA) is 50.2 Å². The number of benzene rings is 1. The van der Waals surface area contributed by atoms with E-state index in [4.69, 9.17) is 5.11 Å². The number of halogens is 1. The van der Waals surface area contributed by atoms with Crippen LogP contribution in [0.1, 0.15) is 41.9 Å². The lowest BCUT2D eigenvalue weighted by Gasteiger charge is -2.17. The lowest BCUT2D eigenvalue weighted by Crippen LogP contribution is -2.15. The van der Waals surface area contributed by atoms with Crippen molar-refractivity contribution in [3.63, 3.8) is 0 Å². The normalized spacial score (nSPS) is 11.6. The minimum absolute atomic E-state index is 0.0401. The number of hydrogen-bond acceptors (Lipinski definition) is 3. The van der Waals surface area contributed by atoms with Gasteiger partial charge in [0.15, 0.2) is 0 Å². The highest BCUT2D eigenvalue weighted by atomic mass is 32.1. The molecule has 112 valence electrons. The number of carbonyl (C=O) groups is 1. The van der Waals surface area contributed by atoms with Crippen molar-refractivity contribution in [3.8, 4) is 0 Å². The van der Waals surface area contributed by atoms with Crippen molar-refractivity contribution in [2.75, 3.05) is 0 Å². The van der Waals surface area contributed by atoms with Crippen LogP contribution in [-0.2, 0) is 23.1 Å². The van der Waals surface area contributed by atoms with Crippen LogP contribution in [0.4, 0.5) is 4.39 Å². The van der Waals surface area contributed by atoms with Gasteiger partial charge in [0.25, 0.3) is 0 Å². The van der Waals surface area contributed by atoms with Gasteiger partial charge in [-0.25, -0.2) is 9.37 Å². The third kappa shape index (κ3) is 3.88. The number of carboxylic acid groups (broad SMARTS) is 1. The summed E-state index contributed by atoms with van der Waals surface area (Å²) in [5.41, 5.74) is 1.14. The molecule has 0 saturated carbocycles. The summed E-state index contributed by atoms with van der Waals surface area (Å²) in [6.45, 7) is 6.00. The van der Waals surface area contributed by atoms with Gasteiger partial charge in [-0.05, 0) is 11.6 Å². The van der Waals surface area contributed by atoms with Gasteiger partial charge in [-0.15, -0.1) is 11.3 Å². The van der Waals surface area contributed by atoms with Gasteiger partial charge in [0.2, 0.25) is 0 Å². The van der Waals surface area contributed by atoms with Crippen molar-refractivity contribution < 1.29 is 14.3 Å². The molecule has 0 unspecified atom stereocenters. The number of hydrogen-bond donors (Lipinski definition) is 1. The molecule has 0 aliphatic rings. The molecule has 2 rings (SSSR count). The van der Waals surface area contributed by atoms with Crippen LogP contribution < -0.4 is 0 Å². The molecule has 3 nitrogen and oxygen atoms in total. The summed E-state index contributed by atoms with van der Waals surface area (Å²) in [7, 11) is 0. The predicted molar refractivity (Wildman–Crippen MR) is 81.4 cm³/mol. The van der Waals surface area contributed by atoms with Gasteiger partial charge in [-0.1, -0.05) is 39.0 Å². The molecule has 0 aliphatic heterocycles. The smallest absolute Gasteiger partial charge is 0.308 e. The second-order valence-electron chi connectivity index (χ2n) is 5.97. The maximum atomic E-state index is 13.7. The maximum Gasteiger partial charge on any atom is 0.308 e. The number of carboxylic acids is 1. The van der Waals surface area contributed by atoms with Crippen molar-refractivity contribution in [2.24, 2.45) is 0 Å². The van der Waals surface area contributed by atoms with Crippen molar-refractivity contribution in [2.45, 2.75) is 39.0 Å². The summed E-state index contributed by atoms with van der Waals surface area (Å²) in [4.78, 5) is 16.3. The predicted octanol–water partition coefficient (Wildman–Crippen LogP) is 3.80. The van der Waals surface area contributed by atoms with Crippen LogP contribution in [0.5, 0.6) is 0 Å². The molecule has 5 heteroatoms. The van der Waals surface area contributed by atoms with Gasteiger partial charge in [0.1, 0.15) is 5.82 Å². The molecule has 1 aromatic heterocycles. The Labute approximate surface area is 127 Å². The lowest BCUT2D eigenvalue weighted by molar-refractivity contribution is -0.136. The highest BCUT2D eigenvalue weighted by Gasteiger charge is 2.24.